The highest BCUT2D eigenvalue weighted by Crippen LogP contribution is 2.34. The maximum absolute atomic E-state index is 12.5. The van der Waals surface area contributed by atoms with E-state index in [9.17, 15) is 8.78 Å². The van der Waals surface area contributed by atoms with Crippen molar-refractivity contribution in [3.63, 3.8) is 0 Å². The Hall–Kier alpha value is -0.220. The molecule has 1 aliphatic rings. The molecular weight excluding hydrogens is 126 g/mol. The lowest BCUT2D eigenvalue weighted by atomic mass is 10.2. The van der Waals surface area contributed by atoms with Crippen molar-refractivity contribution in [1.82, 2.24) is 5.43 Å². The average Bonchev–Trinajstić information content (AvgIpc) is 2.08. The van der Waals surface area contributed by atoms with Gasteiger partial charge in [-0.15, -0.1) is 0 Å². The molecule has 9 heavy (non-hydrogen) atoms. The van der Waals surface area contributed by atoms with Crippen LogP contribution in [0.25, 0.3) is 0 Å². The second-order valence-corrected chi connectivity index (χ2v) is 2.37. The summed E-state index contributed by atoms with van der Waals surface area (Å²) in [6, 6.07) is -0.794. The summed E-state index contributed by atoms with van der Waals surface area (Å²) < 4.78 is 24.9. The van der Waals surface area contributed by atoms with Crippen molar-refractivity contribution in [1.29, 1.82) is 0 Å². The molecule has 1 saturated carbocycles. The van der Waals surface area contributed by atoms with Crippen LogP contribution in [0.1, 0.15) is 19.3 Å². The zero-order valence-electron chi connectivity index (χ0n) is 5.03. The fourth-order valence-electron chi connectivity index (χ4n) is 1.13. The van der Waals surface area contributed by atoms with E-state index in [1.807, 2.05) is 0 Å². The van der Waals surface area contributed by atoms with Crippen LogP contribution in [-0.4, -0.2) is 12.0 Å². The number of hydrazine groups is 1. The Morgan fingerprint density at radius 1 is 1.56 bits per heavy atom. The molecule has 0 aliphatic heterocycles. The van der Waals surface area contributed by atoms with Crippen LogP contribution < -0.4 is 11.3 Å². The molecule has 0 bridgehead atoms. The van der Waals surface area contributed by atoms with E-state index in [4.69, 9.17) is 5.84 Å². The number of hydrogen-bond acceptors (Lipinski definition) is 2. The topological polar surface area (TPSA) is 38.0 Å². The van der Waals surface area contributed by atoms with Crippen molar-refractivity contribution in [2.45, 2.75) is 31.2 Å². The Morgan fingerprint density at radius 3 is 2.44 bits per heavy atom. The van der Waals surface area contributed by atoms with E-state index < -0.39 is 12.0 Å². The molecule has 54 valence electrons. The monoisotopic (exact) mass is 136 g/mol. The Labute approximate surface area is 52.4 Å². The Balaban J connectivity index is 2.52. The number of halogens is 2. The van der Waals surface area contributed by atoms with Gasteiger partial charge in [0.25, 0.3) is 5.92 Å². The van der Waals surface area contributed by atoms with Crippen molar-refractivity contribution in [2.75, 3.05) is 0 Å². The normalized spacial score (nSPS) is 33.0. The van der Waals surface area contributed by atoms with E-state index in [1.165, 1.54) is 0 Å². The third-order valence-electron chi connectivity index (χ3n) is 1.71. The summed E-state index contributed by atoms with van der Waals surface area (Å²) in [5.74, 6) is 2.30. The summed E-state index contributed by atoms with van der Waals surface area (Å²) in [7, 11) is 0. The first-order valence-electron chi connectivity index (χ1n) is 3.01. The molecule has 2 nitrogen and oxygen atoms in total. The van der Waals surface area contributed by atoms with Gasteiger partial charge in [0.1, 0.15) is 0 Å². The van der Waals surface area contributed by atoms with Gasteiger partial charge in [0.2, 0.25) is 0 Å². The lowest BCUT2D eigenvalue weighted by Crippen LogP contribution is -2.44. The highest BCUT2D eigenvalue weighted by molar-refractivity contribution is 4.87. The van der Waals surface area contributed by atoms with Gasteiger partial charge in [0.15, 0.2) is 0 Å². The van der Waals surface area contributed by atoms with Crippen molar-refractivity contribution in [3.8, 4) is 0 Å². The van der Waals surface area contributed by atoms with Gasteiger partial charge < -0.3 is 0 Å². The van der Waals surface area contributed by atoms with Crippen molar-refractivity contribution in [2.24, 2.45) is 5.84 Å². The van der Waals surface area contributed by atoms with Gasteiger partial charge >= 0.3 is 0 Å². The minimum absolute atomic E-state index is 0.0259. The van der Waals surface area contributed by atoms with E-state index in [0.717, 1.165) is 0 Å². The smallest absolute Gasteiger partial charge is 0.264 e. The third kappa shape index (κ3) is 1.19. The van der Waals surface area contributed by atoms with E-state index >= 15 is 0 Å². The number of rotatable bonds is 1. The molecule has 0 heterocycles. The maximum Gasteiger partial charge on any atom is 0.264 e. The third-order valence-corrected chi connectivity index (χ3v) is 1.71. The van der Waals surface area contributed by atoms with Gasteiger partial charge in [0.05, 0.1) is 6.04 Å². The predicted octanol–water partition coefficient (Wildman–Crippen LogP) is 0.637. The lowest BCUT2D eigenvalue weighted by Gasteiger charge is -2.16. The summed E-state index contributed by atoms with van der Waals surface area (Å²) in [5.41, 5.74) is 2.10. The molecule has 0 aromatic rings. The number of nitrogens with one attached hydrogen (secondary N) is 1. The molecular formula is C5H10F2N2. The summed E-state index contributed by atoms with van der Waals surface area (Å²) in [6.07, 6.45) is 1.03. The van der Waals surface area contributed by atoms with Crippen LogP contribution in [0.4, 0.5) is 8.78 Å². The molecule has 0 aromatic carbocycles. The Bertz CT molecular complexity index is 105. The van der Waals surface area contributed by atoms with Gasteiger partial charge in [-0.2, -0.15) is 0 Å². The summed E-state index contributed by atoms with van der Waals surface area (Å²) >= 11 is 0. The quantitative estimate of drug-likeness (QED) is 0.410. The maximum atomic E-state index is 12.5. The lowest BCUT2D eigenvalue weighted by molar-refractivity contribution is -0.0177. The molecule has 1 fully saturated rings. The zero-order chi connectivity index (χ0) is 6.91. The van der Waals surface area contributed by atoms with E-state index in [-0.39, 0.29) is 6.42 Å². The fraction of sp³-hybridized carbons (Fsp3) is 1.00. The van der Waals surface area contributed by atoms with Crippen LogP contribution in [0.15, 0.2) is 0 Å². The summed E-state index contributed by atoms with van der Waals surface area (Å²) in [5, 5.41) is 0. The summed E-state index contributed by atoms with van der Waals surface area (Å²) in [6.45, 7) is 0. The first-order valence-corrected chi connectivity index (χ1v) is 3.01. The molecule has 1 rings (SSSR count). The molecule has 0 aromatic heterocycles. The van der Waals surface area contributed by atoms with Gasteiger partial charge in [-0.05, 0) is 12.8 Å². The van der Waals surface area contributed by atoms with Gasteiger partial charge in [0, 0.05) is 6.42 Å². The minimum Gasteiger partial charge on any atom is -0.271 e. The Morgan fingerprint density at radius 2 is 2.22 bits per heavy atom. The largest absolute Gasteiger partial charge is 0.271 e. The number of alkyl halides is 2. The molecule has 1 aliphatic carbocycles. The molecule has 0 spiro atoms. The average molecular weight is 136 g/mol. The second-order valence-electron chi connectivity index (χ2n) is 2.37. The van der Waals surface area contributed by atoms with Gasteiger partial charge in [-0.3, -0.25) is 11.3 Å². The van der Waals surface area contributed by atoms with E-state index in [1.54, 1.807) is 0 Å². The molecule has 0 saturated heterocycles. The van der Waals surface area contributed by atoms with Gasteiger partial charge in [-0.25, -0.2) is 8.78 Å². The Kier molecular flexibility index (Phi) is 1.68. The van der Waals surface area contributed by atoms with Crippen LogP contribution >= 0.6 is 0 Å². The van der Waals surface area contributed by atoms with Crippen LogP contribution in [-0.2, 0) is 0 Å². The van der Waals surface area contributed by atoms with E-state index in [0.29, 0.717) is 12.8 Å². The van der Waals surface area contributed by atoms with Gasteiger partial charge in [-0.1, -0.05) is 0 Å². The zero-order valence-corrected chi connectivity index (χ0v) is 5.03. The standard InChI is InChI=1S/C5H10F2N2/c6-5(7)3-1-2-4(5)9-8/h4,9H,1-3,8H2. The molecule has 3 N–H and O–H groups in total. The first-order chi connectivity index (χ1) is 4.17. The molecule has 1 unspecified atom stereocenters. The summed E-state index contributed by atoms with van der Waals surface area (Å²) in [4.78, 5) is 0. The van der Waals surface area contributed by atoms with Crippen molar-refractivity contribution < 1.29 is 8.78 Å². The van der Waals surface area contributed by atoms with Crippen LogP contribution in [0, 0.1) is 0 Å². The SMILES string of the molecule is NNC1CCCC1(F)F. The van der Waals surface area contributed by atoms with Crippen LogP contribution in [0.2, 0.25) is 0 Å². The van der Waals surface area contributed by atoms with Crippen LogP contribution in [0.3, 0.4) is 0 Å². The molecule has 4 heteroatoms. The van der Waals surface area contributed by atoms with Crippen molar-refractivity contribution >= 4 is 0 Å². The highest BCUT2D eigenvalue weighted by Gasteiger charge is 2.42. The predicted molar refractivity (Wildman–Crippen MR) is 29.9 cm³/mol. The van der Waals surface area contributed by atoms with Crippen molar-refractivity contribution in [3.05, 3.63) is 0 Å². The minimum atomic E-state index is -2.57. The number of nitrogens with two attached hydrogens (primary N) is 1. The number of hydrogen-bond donors (Lipinski definition) is 2. The first kappa shape index (κ1) is 6.89. The van der Waals surface area contributed by atoms with E-state index in [2.05, 4.69) is 5.43 Å². The molecule has 1 atom stereocenters. The second kappa shape index (κ2) is 2.19. The highest BCUT2D eigenvalue weighted by atomic mass is 19.3. The molecule has 0 amide bonds. The van der Waals surface area contributed by atoms with Crippen LogP contribution in [0.5, 0.6) is 0 Å². The fourth-order valence-corrected chi connectivity index (χ4v) is 1.13. The molecule has 0 radical (unpaired) electrons.